The van der Waals surface area contributed by atoms with Gasteiger partial charge in [0.1, 0.15) is 22.9 Å². The Labute approximate surface area is 409 Å². The number of hydrogen-bond acceptors (Lipinski definition) is 14. The summed E-state index contributed by atoms with van der Waals surface area (Å²) in [5, 5.41) is 26.2. The van der Waals surface area contributed by atoms with Crippen LogP contribution in [0.5, 0.6) is 0 Å². The van der Waals surface area contributed by atoms with Gasteiger partial charge < -0.3 is 39.3 Å². The van der Waals surface area contributed by atoms with Gasteiger partial charge in [0.15, 0.2) is 5.82 Å². The lowest BCUT2D eigenvalue weighted by molar-refractivity contribution is -0.121. The molecule has 0 saturated carbocycles. The van der Waals surface area contributed by atoms with Crippen LogP contribution in [0.15, 0.2) is 76.7 Å². The third-order valence-electron chi connectivity index (χ3n) is 11.2. The molecule has 1 atom stereocenters. The molecule has 69 heavy (non-hydrogen) atoms. The molecule has 0 radical (unpaired) electrons. The maximum Gasteiger partial charge on any atom is 0.261 e. The van der Waals surface area contributed by atoms with E-state index in [0.717, 1.165) is 38.8 Å². The van der Waals surface area contributed by atoms with Gasteiger partial charge in [-0.05, 0) is 81.3 Å². The van der Waals surface area contributed by atoms with Crippen molar-refractivity contribution >= 4 is 67.1 Å². The molecule has 0 bridgehead atoms. The molecule has 4 N–H and O–H groups in total. The Hall–Kier alpha value is -6.02. The zero-order valence-electron chi connectivity index (χ0n) is 38.7. The molecule has 2 amide bonds. The van der Waals surface area contributed by atoms with Crippen LogP contribution in [0.25, 0.3) is 15.9 Å². The van der Waals surface area contributed by atoms with Gasteiger partial charge in [-0.15, -0.1) is 21.5 Å². The molecule has 1 aliphatic rings. The average Bonchev–Trinajstić information content (AvgIpc) is 4.01. The zero-order valence-corrected chi connectivity index (χ0v) is 41.1. The minimum atomic E-state index is -3.97. The molecule has 18 nitrogen and oxygen atoms in total. The molecule has 0 aliphatic carbocycles. The number of H-pyrrole nitrogens is 1. The fourth-order valence-electron chi connectivity index (χ4n) is 7.55. The summed E-state index contributed by atoms with van der Waals surface area (Å²) in [5.74, 6) is 0.803. The van der Waals surface area contributed by atoms with Crippen molar-refractivity contribution in [1.29, 1.82) is 5.26 Å². The number of anilines is 1. The second-order valence-corrected chi connectivity index (χ2v) is 19.2. The van der Waals surface area contributed by atoms with E-state index in [4.69, 9.17) is 40.3 Å². The number of nitrogens with one attached hydrogen (secondary N) is 4. The number of fused-ring (bicyclic) bond motifs is 4. The molecule has 1 aliphatic heterocycles. The predicted octanol–water partition coefficient (Wildman–Crippen LogP) is 6.28. The average molecular weight is 1000 g/mol. The summed E-state index contributed by atoms with van der Waals surface area (Å²) in [7, 11) is -3.97. The number of halogens is 1. The van der Waals surface area contributed by atoms with Gasteiger partial charge in [0, 0.05) is 51.3 Å². The Bertz CT molecular complexity index is 2930. The van der Waals surface area contributed by atoms with E-state index in [1.54, 1.807) is 29.7 Å². The summed E-state index contributed by atoms with van der Waals surface area (Å²) in [6.07, 6.45) is 1.63. The van der Waals surface area contributed by atoms with Crippen molar-refractivity contribution in [2.45, 2.75) is 45.1 Å². The standard InChI is InChI=1S/C48H54ClN9O9S2/c1-30-5-14-39(45-42(30)36(28-50)29-53-45)57-69(61,62)38-12-8-35(9-13-38)47(60)52-16-18-64-20-22-66-24-26-67-25-23-65-21-19-63-17-15-51-41(59)27-40-46-56-55-33(4)58(46)48-43(31(2)32(3)68-48)44(54-40)34-6-10-37(49)11-7-34/h5-14,29,40,53,57H,15-27H2,1-4H3,(H,51,59)(H,52,60)/t40-/m0/s1. The van der Waals surface area contributed by atoms with Gasteiger partial charge >= 0.3 is 0 Å². The van der Waals surface area contributed by atoms with Crippen LogP contribution in [0.2, 0.25) is 5.02 Å². The summed E-state index contributed by atoms with van der Waals surface area (Å²) in [6.45, 7) is 12.1. The highest BCUT2D eigenvalue weighted by Gasteiger charge is 2.32. The first-order valence-electron chi connectivity index (χ1n) is 22.3. The topological polar surface area (TPSA) is 233 Å². The molecule has 3 aromatic carbocycles. The Balaban J connectivity index is 0.692. The summed E-state index contributed by atoms with van der Waals surface area (Å²) < 4.78 is 58.7. The number of aromatic nitrogens is 4. The summed E-state index contributed by atoms with van der Waals surface area (Å²) in [4.78, 5) is 35.1. The van der Waals surface area contributed by atoms with Crippen LogP contribution >= 0.6 is 22.9 Å². The molecular weight excluding hydrogens is 946 g/mol. The van der Waals surface area contributed by atoms with E-state index in [0.29, 0.717) is 105 Å². The molecule has 21 heteroatoms. The second-order valence-electron chi connectivity index (χ2n) is 15.9. The number of aryl methyl sites for hydroxylation is 3. The molecule has 364 valence electrons. The van der Waals surface area contributed by atoms with Crippen molar-refractivity contribution in [1.82, 2.24) is 30.4 Å². The maximum atomic E-state index is 13.2. The molecule has 4 heterocycles. The molecular formula is C48H54ClN9O9S2. The minimum Gasteiger partial charge on any atom is -0.377 e. The summed E-state index contributed by atoms with van der Waals surface area (Å²) in [5.41, 5.74) is 6.22. The van der Waals surface area contributed by atoms with E-state index in [1.807, 2.05) is 42.7 Å². The van der Waals surface area contributed by atoms with Gasteiger partial charge in [0.2, 0.25) is 5.91 Å². The Morgan fingerprint density at radius 1 is 0.812 bits per heavy atom. The van der Waals surface area contributed by atoms with Gasteiger partial charge in [-0.2, -0.15) is 5.26 Å². The van der Waals surface area contributed by atoms with Gasteiger partial charge in [-0.1, -0.05) is 29.8 Å². The number of carbonyl (C=O) groups excluding carboxylic acids is 2. The number of nitrogens with zero attached hydrogens (tertiary/aromatic N) is 5. The molecule has 0 fully saturated rings. The second kappa shape index (κ2) is 24.0. The third kappa shape index (κ3) is 12.8. The molecule has 6 aromatic rings. The maximum absolute atomic E-state index is 13.2. The number of aromatic amines is 1. The van der Waals surface area contributed by atoms with Crippen molar-refractivity contribution in [3.8, 4) is 11.1 Å². The van der Waals surface area contributed by atoms with Gasteiger partial charge in [0.05, 0.1) is 99.9 Å². The monoisotopic (exact) mass is 999 g/mol. The number of thiophene rings is 1. The Morgan fingerprint density at radius 3 is 2.04 bits per heavy atom. The molecule has 0 unspecified atom stereocenters. The lowest BCUT2D eigenvalue weighted by atomic mass is 9.99. The van der Waals surface area contributed by atoms with Gasteiger partial charge in [-0.3, -0.25) is 23.9 Å². The van der Waals surface area contributed by atoms with Crippen LogP contribution in [0, 0.1) is 39.0 Å². The van der Waals surface area contributed by atoms with Crippen molar-refractivity contribution < 1.29 is 41.7 Å². The highest BCUT2D eigenvalue weighted by atomic mass is 35.5. The number of benzene rings is 3. The number of amides is 2. The number of ether oxygens (including phenoxy) is 5. The van der Waals surface area contributed by atoms with E-state index in [-0.39, 0.29) is 36.3 Å². The number of hydrogen-bond donors (Lipinski definition) is 4. The number of aliphatic imine (C=N–C) groups is 1. The minimum absolute atomic E-state index is 0.0180. The van der Waals surface area contributed by atoms with Gasteiger partial charge in [-0.25, -0.2) is 8.42 Å². The highest BCUT2D eigenvalue weighted by Crippen LogP contribution is 2.39. The summed E-state index contributed by atoms with van der Waals surface area (Å²) in [6, 6.07) is 18.1. The first-order chi connectivity index (χ1) is 33.4. The van der Waals surface area contributed by atoms with Crippen molar-refractivity contribution in [3.63, 3.8) is 0 Å². The van der Waals surface area contributed by atoms with Crippen LogP contribution in [0.4, 0.5) is 5.69 Å². The fraction of sp³-hybridized carbons (Fsp3) is 0.375. The number of nitriles is 1. The van der Waals surface area contributed by atoms with Crippen LogP contribution in [-0.2, 0) is 38.5 Å². The zero-order chi connectivity index (χ0) is 48.9. The summed E-state index contributed by atoms with van der Waals surface area (Å²) >= 11 is 7.88. The Kier molecular flexibility index (Phi) is 17.7. The lowest BCUT2D eigenvalue weighted by Crippen LogP contribution is -2.29. The first kappa shape index (κ1) is 50.8. The predicted molar refractivity (Wildman–Crippen MR) is 262 cm³/mol. The third-order valence-corrected chi connectivity index (χ3v) is 14.0. The van der Waals surface area contributed by atoms with Crippen molar-refractivity contribution in [2.75, 3.05) is 83.9 Å². The van der Waals surface area contributed by atoms with Crippen LogP contribution in [-0.4, -0.2) is 125 Å². The Morgan fingerprint density at radius 2 is 1.42 bits per heavy atom. The lowest BCUT2D eigenvalue weighted by Gasteiger charge is -2.13. The van der Waals surface area contributed by atoms with Gasteiger partial charge in [0.25, 0.3) is 15.9 Å². The normalized spacial score (nSPS) is 13.3. The van der Waals surface area contributed by atoms with E-state index >= 15 is 0 Å². The quantitative estimate of drug-likeness (QED) is 0.0464. The molecule has 7 rings (SSSR count). The SMILES string of the molecule is Cc1sc2c(c1C)C(c1ccc(Cl)cc1)=N[C@@H](CC(=O)NCCOCCOCCOCCOCCOCCNC(=O)c1ccc(S(=O)(=O)Nc3ccc(C)c4c(C#N)c[nH]c34)cc1)c1nnc(C)n1-2. The number of sulfonamides is 1. The largest absolute Gasteiger partial charge is 0.377 e. The van der Waals surface area contributed by atoms with Crippen LogP contribution in [0.1, 0.15) is 67.2 Å². The van der Waals surface area contributed by atoms with E-state index in [9.17, 15) is 23.3 Å². The number of carbonyl (C=O) groups is 2. The highest BCUT2D eigenvalue weighted by molar-refractivity contribution is 7.92. The molecule has 0 saturated heterocycles. The van der Waals surface area contributed by atoms with Crippen LogP contribution in [0.3, 0.4) is 0 Å². The van der Waals surface area contributed by atoms with Crippen molar-refractivity contribution in [3.05, 3.63) is 122 Å². The van der Waals surface area contributed by atoms with E-state index in [1.165, 1.54) is 29.1 Å². The van der Waals surface area contributed by atoms with E-state index < -0.39 is 16.1 Å². The van der Waals surface area contributed by atoms with Crippen LogP contribution < -0.4 is 15.4 Å². The number of rotatable bonds is 25. The molecule has 3 aromatic heterocycles. The molecule has 0 spiro atoms. The fourth-order valence-corrected chi connectivity index (χ4v) is 9.96. The van der Waals surface area contributed by atoms with E-state index in [2.05, 4.69) is 50.5 Å². The van der Waals surface area contributed by atoms with Crippen molar-refractivity contribution in [2.24, 2.45) is 4.99 Å². The first-order valence-corrected chi connectivity index (χ1v) is 25.0. The smallest absolute Gasteiger partial charge is 0.261 e.